The molecule has 6 nitrogen and oxygen atoms in total. The van der Waals surface area contributed by atoms with Gasteiger partial charge in [-0.1, -0.05) is 20.8 Å². The van der Waals surface area contributed by atoms with Crippen LogP contribution in [0.4, 0.5) is 5.69 Å². The number of nitrogens with zero attached hydrogens (tertiary/aromatic N) is 3. The second kappa shape index (κ2) is 7.70. The molecule has 0 aliphatic heterocycles. The molecule has 136 valence electrons. The Labute approximate surface area is 149 Å². The number of hydrogen-bond donors (Lipinski definition) is 1. The Hall–Kier alpha value is -2.34. The highest BCUT2D eigenvalue weighted by atomic mass is 16.5. The van der Waals surface area contributed by atoms with E-state index in [0.717, 1.165) is 23.7 Å². The molecule has 0 fully saturated rings. The summed E-state index contributed by atoms with van der Waals surface area (Å²) in [5, 5.41) is 7.34. The Morgan fingerprint density at radius 3 is 2.40 bits per heavy atom. The van der Waals surface area contributed by atoms with Gasteiger partial charge in [0.15, 0.2) is 0 Å². The summed E-state index contributed by atoms with van der Waals surface area (Å²) >= 11 is 0. The van der Waals surface area contributed by atoms with Gasteiger partial charge in [-0.15, -0.1) is 0 Å². The molecule has 0 atom stereocenters. The van der Waals surface area contributed by atoms with Gasteiger partial charge in [0.2, 0.25) is 0 Å². The predicted molar refractivity (Wildman–Crippen MR) is 100 cm³/mol. The van der Waals surface area contributed by atoms with Crippen LogP contribution in [0, 0.1) is 0 Å². The lowest BCUT2D eigenvalue weighted by Crippen LogP contribution is -2.19. The first-order valence-corrected chi connectivity index (χ1v) is 8.40. The lowest BCUT2D eigenvalue weighted by atomic mass is 9.92. The van der Waals surface area contributed by atoms with Crippen molar-refractivity contribution >= 4 is 11.6 Å². The number of carbonyl (C=O) groups is 1. The van der Waals surface area contributed by atoms with Gasteiger partial charge in [0.05, 0.1) is 5.69 Å². The molecule has 2 aromatic rings. The lowest BCUT2D eigenvalue weighted by molar-refractivity contribution is 0.101. The van der Waals surface area contributed by atoms with Gasteiger partial charge in [0, 0.05) is 24.7 Å². The van der Waals surface area contributed by atoms with E-state index in [1.54, 1.807) is 11.7 Å². The van der Waals surface area contributed by atoms with Gasteiger partial charge in [0.25, 0.3) is 5.91 Å². The fraction of sp³-hybridized carbons (Fsp3) is 0.474. The van der Waals surface area contributed by atoms with Gasteiger partial charge in [-0.05, 0) is 44.4 Å². The van der Waals surface area contributed by atoms with Gasteiger partial charge in [-0.2, -0.15) is 5.10 Å². The SMILES string of the molecule is CN(C)CCOc1ccc(NC(=O)c2cc(C(C)(C)C)nn2C)cc1. The zero-order valence-electron chi connectivity index (χ0n) is 16.0. The molecular weight excluding hydrogens is 316 g/mol. The third kappa shape index (κ3) is 5.32. The van der Waals surface area contributed by atoms with Gasteiger partial charge in [0.1, 0.15) is 18.1 Å². The average molecular weight is 344 g/mol. The minimum absolute atomic E-state index is 0.0954. The standard InChI is InChI=1S/C19H28N4O2/c1-19(2,3)17-13-16(23(6)21-17)18(24)20-14-7-9-15(10-8-14)25-12-11-22(4)5/h7-10,13H,11-12H2,1-6H3,(H,20,24). The topological polar surface area (TPSA) is 59.4 Å². The lowest BCUT2D eigenvalue weighted by Gasteiger charge is -2.13. The molecule has 0 radical (unpaired) electrons. The first-order valence-electron chi connectivity index (χ1n) is 8.40. The van der Waals surface area contributed by atoms with E-state index in [-0.39, 0.29) is 11.3 Å². The van der Waals surface area contributed by atoms with Crippen molar-refractivity contribution in [2.24, 2.45) is 7.05 Å². The predicted octanol–water partition coefficient (Wildman–Crippen LogP) is 2.91. The van der Waals surface area contributed by atoms with Gasteiger partial charge in [-0.3, -0.25) is 9.48 Å². The molecule has 0 saturated heterocycles. The maximum atomic E-state index is 12.5. The molecule has 0 unspecified atom stereocenters. The van der Waals surface area contributed by atoms with Crippen molar-refractivity contribution in [3.05, 3.63) is 41.7 Å². The number of aryl methyl sites for hydroxylation is 1. The second-order valence-corrected chi connectivity index (χ2v) is 7.42. The highest BCUT2D eigenvalue weighted by Crippen LogP contribution is 2.22. The van der Waals surface area contributed by atoms with E-state index in [4.69, 9.17) is 4.74 Å². The first-order chi connectivity index (χ1) is 11.7. The molecule has 1 amide bonds. The molecule has 1 aromatic carbocycles. The van der Waals surface area contributed by atoms with E-state index < -0.39 is 0 Å². The summed E-state index contributed by atoms with van der Waals surface area (Å²) in [4.78, 5) is 14.6. The van der Waals surface area contributed by atoms with Crippen LogP contribution in [0.15, 0.2) is 30.3 Å². The van der Waals surface area contributed by atoms with E-state index >= 15 is 0 Å². The molecule has 0 spiro atoms. The molecular formula is C19H28N4O2. The zero-order valence-corrected chi connectivity index (χ0v) is 16.0. The van der Waals surface area contributed by atoms with E-state index in [9.17, 15) is 4.79 Å². The van der Waals surface area contributed by atoms with Crippen molar-refractivity contribution in [1.82, 2.24) is 14.7 Å². The first kappa shape index (κ1) is 19.0. The maximum Gasteiger partial charge on any atom is 0.273 e. The van der Waals surface area contributed by atoms with Crippen LogP contribution >= 0.6 is 0 Å². The summed E-state index contributed by atoms with van der Waals surface area (Å²) in [6.07, 6.45) is 0. The third-order valence-corrected chi connectivity index (χ3v) is 3.80. The summed E-state index contributed by atoms with van der Waals surface area (Å²) < 4.78 is 7.27. The largest absolute Gasteiger partial charge is 0.492 e. The summed E-state index contributed by atoms with van der Waals surface area (Å²) in [5.74, 6) is 0.613. The number of ether oxygens (including phenoxy) is 1. The van der Waals surface area contributed by atoms with E-state index in [1.807, 2.05) is 44.4 Å². The Balaban J connectivity index is 2.00. The molecule has 1 aromatic heterocycles. The average Bonchev–Trinajstić information content (AvgIpc) is 2.91. The monoisotopic (exact) mass is 344 g/mol. The minimum Gasteiger partial charge on any atom is -0.492 e. The normalized spacial score (nSPS) is 11.6. The number of likely N-dealkylation sites (N-methyl/N-ethyl adjacent to an activating group) is 1. The van der Waals surface area contributed by atoms with E-state index in [2.05, 4.69) is 36.1 Å². The van der Waals surface area contributed by atoms with Crippen molar-refractivity contribution in [1.29, 1.82) is 0 Å². The van der Waals surface area contributed by atoms with E-state index in [1.165, 1.54) is 0 Å². The highest BCUT2D eigenvalue weighted by Gasteiger charge is 2.21. The Kier molecular flexibility index (Phi) is 5.85. The number of nitrogens with one attached hydrogen (secondary N) is 1. The fourth-order valence-corrected chi connectivity index (χ4v) is 2.22. The van der Waals surface area contributed by atoms with Gasteiger partial charge in [-0.25, -0.2) is 0 Å². The van der Waals surface area contributed by atoms with Crippen molar-refractivity contribution in [2.75, 3.05) is 32.6 Å². The molecule has 0 aliphatic carbocycles. The quantitative estimate of drug-likeness (QED) is 0.875. The van der Waals surface area contributed by atoms with Crippen LogP contribution in [0.1, 0.15) is 37.0 Å². The summed E-state index contributed by atoms with van der Waals surface area (Å²) in [5.41, 5.74) is 2.06. The molecule has 0 saturated carbocycles. The molecule has 1 N–H and O–H groups in total. The molecule has 1 heterocycles. The van der Waals surface area contributed by atoms with Crippen molar-refractivity contribution in [2.45, 2.75) is 26.2 Å². The number of rotatable bonds is 6. The third-order valence-electron chi connectivity index (χ3n) is 3.80. The second-order valence-electron chi connectivity index (χ2n) is 7.42. The van der Waals surface area contributed by atoms with Crippen molar-refractivity contribution in [3.63, 3.8) is 0 Å². The van der Waals surface area contributed by atoms with Crippen LogP contribution in [-0.2, 0) is 12.5 Å². The Morgan fingerprint density at radius 1 is 1.24 bits per heavy atom. The molecule has 6 heteroatoms. The van der Waals surface area contributed by atoms with Crippen molar-refractivity contribution in [3.8, 4) is 5.75 Å². The fourth-order valence-electron chi connectivity index (χ4n) is 2.22. The number of benzene rings is 1. The van der Waals surface area contributed by atoms with Gasteiger partial charge >= 0.3 is 0 Å². The van der Waals surface area contributed by atoms with Crippen LogP contribution in [0.25, 0.3) is 0 Å². The highest BCUT2D eigenvalue weighted by molar-refractivity contribution is 6.03. The molecule has 0 bridgehead atoms. The smallest absolute Gasteiger partial charge is 0.273 e. The number of aromatic nitrogens is 2. The van der Waals surface area contributed by atoms with Crippen molar-refractivity contribution < 1.29 is 9.53 Å². The van der Waals surface area contributed by atoms with Crippen LogP contribution < -0.4 is 10.1 Å². The summed E-state index contributed by atoms with van der Waals surface area (Å²) in [6.45, 7) is 7.71. The summed E-state index contributed by atoms with van der Waals surface area (Å²) in [7, 11) is 5.79. The van der Waals surface area contributed by atoms with Crippen LogP contribution in [0.5, 0.6) is 5.75 Å². The van der Waals surface area contributed by atoms with Crippen LogP contribution in [-0.4, -0.2) is 47.8 Å². The molecule has 2 rings (SSSR count). The number of amides is 1. The van der Waals surface area contributed by atoms with E-state index in [0.29, 0.717) is 12.3 Å². The number of anilines is 1. The molecule has 25 heavy (non-hydrogen) atoms. The number of hydrogen-bond acceptors (Lipinski definition) is 4. The number of carbonyl (C=O) groups excluding carboxylic acids is 1. The Morgan fingerprint density at radius 2 is 1.88 bits per heavy atom. The van der Waals surface area contributed by atoms with Gasteiger partial charge < -0.3 is 15.0 Å². The van der Waals surface area contributed by atoms with Crippen LogP contribution in [0.2, 0.25) is 0 Å². The summed E-state index contributed by atoms with van der Waals surface area (Å²) in [6, 6.07) is 9.23. The Bertz CT molecular complexity index is 712. The zero-order chi connectivity index (χ0) is 18.6. The minimum atomic E-state index is -0.174. The van der Waals surface area contributed by atoms with Crippen LogP contribution in [0.3, 0.4) is 0 Å². The maximum absolute atomic E-state index is 12.5. The molecule has 0 aliphatic rings.